The number of alkyl halides is 3. The van der Waals surface area contributed by atoms with Gasteiger partial charge in [-0.2, -0.15) is 18.3 Å². The highest BCUT2D eigenvalue weighted by Gasteiger charge is 2.33. The SMILES string of the molecule is COCC(=O)N1CCCN(C(C)C)CCN(C(=O)CCn2ccc(C(F)(F)F)n2)Cc2ccccc21. The number of halogens is 3. The second-order valence-corrected chi connectivity index (χ2v) is 9.12. The van der Waals surface area contributed by atoms with Gasteiger partial charge in [-0.3, -0.25) is 19.2 Å². The molecule has 2 amide bonds. The van der Waals surface area contributed by atoms with Crippen LogP contribution >= 0.6 is 0 Å². The summed E-state index contributed by atoms with van der Waals surface area (Å²) in [5.41, 5.74) is 0.580. The van der Waals surface area contributed by atoms with Gasteiger partial charge in [0.25, 0.3) is 5.91 Å². The Bertz CT molecular complexity index is 1020. The molecule has 2 aromatic rings. The van der Waals surface area contributed by atoms with Crippen LogP contribution in [0.5, 0.6) is 0 Å². The van der Waals surface area contributed by atoms with Crippen molar-refractivity contribution in [2.24, 2.45) is 0 Å². The molecular formula is C25H34F3N5O3. The summed E-state index contributed by atoms with van der Waals surface area (Å²) in [6.45, 7) is 6.85. The van der Waals surface area contributed by atoms with Crippen molar-refractivity contribution in [1.82, 2.24) is 19.6 Å². The molecular weight excluding hydrogens is 475 g/mol. The summed E-state index contributed by atoms with van der Waals surface area (Å²) < 4.78 is 44.8. The summed E-state index contributed by atoms with van der Waals surface area (Å²) in [6, 6.07) is 8.63. The van der Waals surface area contributed by atoms with Crippen molar-refractivity contribution >= 4 is 17.5 Å². The average molecular weight is 510 g/mol. The van der Waals surface area contributed by atoms with Crippen LogP contribution in [0.3, 0.4) is 0 Å². The molecule has 11 heteroatoms. The van der Waals surface area contributed by atoms with E-state index in [0.29, 0.717) is 19.6 Å². The van der Waals surface area contributed by atoms with Crippen LogP contribution in [0, 0.1) is 0 Å². The van der Waals surface area contributed by atoms with Crippen molar-refractivity contribution in [3.63, 3.8) is 0 Å². The van der Waals surface area contributed by atoms with Crippen LogP contribution in [0.2, 0.25) is 0 Å². The minimum Gasteiger partial charge on any atom is -0.375 e. The average Bonchev–Trinajstić information content (AvgIpc) is 3.30. The van der Waals surface area contributed by atoms with Crippen molar-refractivity contribution < 1.29 is 27.5 Å². The fourth-order valence-electron chi connectivity index (χ4n) is 4.30. The number of hydrogen-bond acceptors (Lipinski definition) is 5. The van der Waals surface area contributed by atoms with Gasteiger partial charge in [-0.15, -0.1) is 0 Å². The molecule has 1 aliphatic rings. The number of aryl methyl sites for hydroxylation is 1. The maximum Gasteiger partial charge on any atom is 0.435 e. The first-order chi connectivity index (χ1) is 17.1. The molecule has 1 aromatic heterocycles. The zero-order valence-electron chi connectivity index (χ0n) is 21.0. The van der Waals surface area contributed by atoms with Crippen LogP contribution in [0.25, 0.3) is 0 Å². The number of nitrogens with zero attached hydrogens (tertiary/aromatic N) is 5. The summed E-state index contributed by atoms with van der Waals surface area (Å²) >= 11 is 0. The van der Waals surface area contributed by atoms with Crippen LogP contribution in [-0.2, 0) is 33.6 Å². The minimum absolute atomic E-state index is 0.00907. The number of anilines is 1. The third kappa shape index (κ3) is 7.30. The lowest BCUT2D eigenvalue weighted by atomic mass is 10.1. The van der Waals surface area contributed by atoms with Crippen molar-refractivity contribution in [3.8, 4) is 0 Å². The van der Waals surface area contributed by atoms with E-state index < -0.39 is 11.9 Å². The Balaban J connectivity index is 1.84. The maximum atomic E-state index is 13.3. The zero-order valence-corrected chi connectivity index (χ0v) is 21.0. The predicted octanol–water partition coefficient (Wildman–Crippen LogP) is 3.41. The molecule has 0 saturated heterocycles. The molecule has 0 aliphatic carbocycles. The summed E-state index contributed by atoms with van der Waals surface area (Å²) in [7, 11) is 1.48. The van der Waals surface area contributed by atoms with E-state index in [1.165, 1.54) is 13.3 Å². The number of ether oxygens (including phenoxy) is 1. The first-order valence-corrected chi connectivity index (χ1v) is 12.1. The molecule has 198 valence electrons. The molecule has 0 N–H and O–H groups in total. The van der Waals surface area contributed by atoms with Crippen molar-refractivity contribution in [2.75, 3.05) is 44.8 Å². The van der Waals surface area contributed by atoms with Crippen molar-refractivity contribution in [1.29, 1.82) is 0 Å². The number of methoxy groups -OCH3 is 1. The predicted molar refractivity (Wildman–Crippen MR) is 129 cm³/mol. The Morgan fingerprint density at radius 2 is 1.81 bits per heavy atom. The van der Waals surface area contributed by atoms with Crippen molar-refractivity contribution in [3.05, 3.63) is 47.8 Å². The molecule has 0 radical (unpaired) electrons. The maximum absolute atomic E-state index is 13.3. The molecule has 8 nitrogen and oxygen atoms in total. The van der Waals surface area contributed by atoms with Gasteiger partial charge in [0, 0.05) is 70.7 Å². The molecule has 2 heterocycles. The molecule has 0 bridgehead atoms. The quantitative estimate of drug-likeness (QED) is 0.597. The molecule has 0 atom stereocenters. The topological polar surface area (TPSA) is 70.9 Å². The first-order valence-electron chi connectivity index (χ1n) is 12.1. The second-order valence-electron chi connectivity index (χ2n) is 9.12. The van der Waals surface area contributed by atoms with Gasteiger partial charge in [-0.25, -0.2) is 0 Å². The number of benzene rings is 1. The zero-order chi connectivity index (χ0) is 26.3. The highest BCUT2D eigenvalue weighted by atomic mass is 19.4. The first kappa shape index (κ1) is 27.7. The third-order valence-corrected chi connectivity index (χ3v) is 6.27. The van der Waals surface area contributed by atoms with E-state index in [1.807, 2.05) is 24.3 Å². The number of amides is 2. The van der Waals surface area contributed by atoms with Gasteiger partial charge in [-0.05, 0) is 38.0 Å². The summed E-state index contributed by atoms with van der Waals surface area (Å²) in [5.74, 6) is -0.344. The van der Waals surface area contributed by atoms with Gasteiger partial charge in [0.15, 0.2) is 5.69 Å². The van der Waals surface area contributed by atoms with Crippen molar-refractivity contribution in [2.45, 2.75) is 52.0 Å². The van der Waals surface area contributed by atoms with Crippen LogP contribution in [0.4, 0.5) is 18.9 Å². The van der Waals surface area contributed by atoms with E-state index in [2.05, 4.69) is 23.8 Å². The summed E-state index contributed by atoms with van der Waals surface area (Å²) in [4.78, 5) is 31.9. The Morgan fingerprint density at radius 1 is 1.06 bits per heavy atom. The monoisotopic (exact) mass is 509 g/mol. The Kier molecular flexibility index (Phi) is 9.49. The number of carbonyl (C=O) groups excluding carboxylic acids is 2. The fraction of sp³-hybridized carbons (Fsp3) is 0.560. The number of aromatic nitrogens is 2. The van der Waals surface area contributed by atoms with E-state index >= 15 is 0 Å². The smallest absolute Gasteiger partial charge is 0.375 e. The van der Waals surface area contributed by atoms with E-state index in [-0.39, 0.29) is 44.0 Å². The van der Waals surface area contributed by atoms with Crippen LogP contribution < -0.4 is 4.90 Å². The lowest BCUT2D eigenvalue weighted by Gasteiger charge is -2.30. The Morgan fingerprint density at radius 3 is 2.47 bits per heavy atom. The molecule has 0 fully saturated rings. The second kappa shape index (κ2) is 12.4. The van der Waals surface area contributed by atoms with E-state index in [1.54, 1.807) is 9.80 Å². The Hall–Kier alpha value is -2.92. The fourth-order valence-corrected chi connectivity index (χ4v) is 4.30. The van der Waals surface area contributed by atoms with Gasteiger partial charge >= 0.3 is 6.18 Å². The standard InChI is InChI=1S/C25H34F3N5O3/c1-19(2)30-11-6-12-33(24(35)18-36-3)21-8-5-4-7-20(21)17-31(16-15-30)23(34)10-14-32-13-9-22(29-32)25(26,27)28/h4-5,7-9,13,19H,6,10-12,14-18H2,1-3H3. The molecule has 1 aromatic carbocycles. The highest BCUT2D eigenvalue weighted by Crippen LogP contribution is 2.27. The van der Waals surface area contributed by atoms with Gasteiger partial charge in [0.1, 0.15) is 6.61 Å². The molecule has 3 rings (SSSR count). The van der Waals surface area contributed by atoms with Gasteiger partial charge in [-0.1, -0.05) is 18.2 Å². The number of hydrogen-bond donors (Lipinski definition) is 0. The number of fused-ring (bicyclic) bond motifs is 1. The molecule has 0 unspecified atom stereocenters. The number of carbonyl (C=O) groups is 2. The number of para-hydroxylation sites is 1. The normalized spacial score (nSPS) is 16.1. The summed E-state index contributed by atoms with van der Waals surface area (Å²) in [6.07, 6.45) is -2.52. The van der Waals surface area contributed by atoms with Crippen LogP contribution in [0.15, 0.2) is 36.5 Å². The summed E-state index contributed by atoms with van der Waals surface area (Å²) in [5, 5.41) is 3.55. The van der Waals surface area contributed by atoms with E-state index in [4.69, 9.17) is 4.74 Å². The largest absolute Gasteiger partial charge is 0.435 e. The lowest BCUT2D eigenvalue weighted by Crippen LogP contribution is -2.41. The minimum atomic E-state index is -4.52. The van der Waals surface area contributed by atoms with Crippen LogP contribution in [0.1, 0.15) is 37.9 Å². The third-order valence-electron chi connectivity index (χ3n) is 6.27. The van der Waals surface area contributed by atoms with Gasteiger partial charge < -0.3 is 14.5 Å². The Labute approximate surface area is 209 Å². The van der Waals surface area contributed by atoms with Crippen LogP contribution in [-0.4, -0.2) is 77.3 Å². The molecule has 0 saturated carbocycles. The molecule has 1 aliphatic heterocycles. The molecule has 0 spiro atoms. The molecule has 36 heavy (non-hydrogen) atoms. The van der Waals surface area contributed by atoms with Gasteiger partial charge in [0.05, 0.1) is 0 Å². The van der Waals surface area contributed by atoms with Gasteiger partial charge in [0.2, 0.25) is 5.91 Å². The van der Waals surface area contributed by atoms with E-state index in [0.717, 1.165) is 35.0 Å². The van der Waals surface area contributed by atoms with E-state index in [9.17, 15) is 22.8 Å². The lowest BCUT2D eigenvalue weighted by molar-refractivity contribution is -0.141. The highest BCUT2D eigenvalue weighted by molar-refractivity contribution is 5.95. The number of rotatable bonds is 6.